The Labute approximate surface area is 89.6 Å². The summed E-state index contributed by atoms with van der Waals surface area (Å²) < 4.78 is 44.8. The summed E-state index contributed by atoms with van der Waals surface area (Å²) in [7, 11) is 1.17. The van der Waals surface area contributed by atoms with Crippen LogP contribution < -0.4 is 9.47 Å². The van der Waals surface area contributed by atoms with E-state index in [0.29, 0.717) is 5.56 Å². The smallest absolute Gasteiger partial charge is 0.478 e. The van der Waals surface area contributed by atoms with Gasteiger partial charge in [-0.2, -0.15) is 0 Å². The Morgan fingerprint density at radius 1 is 1.44 bits per heavy atom. The first-order chi connectivity index (χ1) is 7.39. The highest BCUT2D eigenvalue weighted by atomic mass is 19.4. The van der Waals surface area contributed by atoms with Gasteiger partial charge >= 0.3 is 6.36 Å². The molecule has 0 unspecified atom stereocenters. The molecule has 0 aliphatic heterocycles. The number of aromatic nitrogens is 1. The van der Waals surface area contributed by atoms with Gasteiger partial charge in [0, 0.05) is 11.8 Å². The predicted octanol–water partition coefficient (Wildman–Crippen LogP) is 1.79. The number of nitrogens with zero attached hydrogens (tertiary/aromatic N) is 1. The molecule has 1 heterocycles. The fraction of sp³-hybridized carbons (Fsp3) is 0.444. The lowest BCUT2D eigenvalue weighted by Gasteiger charge is -2.15. The second-order valence-corrected chi connectivity index (χ2v) is 2.96. The molecule has 1 N–H and O–H groups in total. The number of pyridine rings is 1. The molecule has 1 rings (SSSR count). The third-order valence-corrected chi connectivity index (χ3v) is 1.89. The molecule has 0 fully saturated rings. The molecule has 16 heavy (non-hydrogen) atoms. The van der Waals surface area contributed by atoms with Gasteiger partial charge in [0.2, 0.25) is 0 Å². The van der Waals surface area contributed by atoms with E-state index in [0.717, 1.165) is 0 Å². The third kappa shape index (κ3) is 2.75. The number of rotatable bonds is 3. The van der Waals surface area contributed by atoms with Gasteiger partial charge in [-0.3, -0.25) is 0 Å². The van der Waals surface area contributed by atoms with E-state index in [2.05, 4.69) is 14.5 Å². The van der Waals surface area contributed by atoms with Crippen LogP contribution in [0.15, 0.2) is 6.20 Å². The van der Waals surface area contributed by atoms with E-state index in [1.807, 2.05) is 0 Å². The summed E-state index contributed by atoms with van der Waals surface area (Å²) in [6.07, 6.45) is -3.56. The van der Waals surface area contributed by atoms with E-state index in [4.69, 9.17) is 5.11 Å². The van der Waals surface area contributed by atoms with Crippen molar-refractivity contribution in [3.8, 4) is 11.6 Å². The molecule has 4 nitrogen and oxygen atoms in total. The quantitative estimate of drug-likeness (QED) is 0.870. The van der Waals surface area contributed by atoms with Crippen molar-refractivity contribution in [3.63, 3.8) is 0 Å². The molecular formula is C9H10F3NO3. The van der Waals surface area contributed by atoms with E-state index in [1.165, 1.54) is 20.2 Å². The molecule has 0 radical (unpaired) electrons. The number of alkyl halides is 3. The average molecular weight is 237 g/mol. The maximum atomic E-state index is 12.1. The minimum atomic E-state index is -4.85. The minimum Gasteiger partial charge on any atom is -0.478 e. The molecule has 0 saturated carbocycles. The highest BCUT2D eigenvalue weighted by molar-refractivity contribution is 5.45. The Balaban J connectivity index is 3.25. The number of aryl methyl sites for hydroxylation is 1. The second-order valence-electron chi connectivity index (χ2n) is 2.96. The first kappa shape index (κ1) is 12.6. The van der Waals surface area contributed by atoms with Gasteiger partial charge in [0.1, 0.15) is 0 Å². The minimum absolute atomic E-state index is 0.00387. The molecule has 0 atom stereocenters. The number of aliphatic hydroxyl groups excluding tert-OH is 1. The number of aliphatic hydroxyl groups is 1. The van der Waals surface area contributed by atoms with Crippen LogP contribution in [0.5, 0.6) is 11.6 Å². The molecule has 0 spiro atoms. The highest BCUT2D eigenvalue weighted by Crippen LogP contribution is 2.35. The SMILES string of the molecule is COc1ncc(C)c(CO)c1OC(F)(F)F. The summed E-state index contributed by atoms with van der Waals surface area (Å²) in [4.78, 5) is 3.63. The van der Waals surface area contributed by atoms with E-state index in [1.54, 1.807) is 0 Å². The van der Waals surface area contributed by atoms with Crippen LogP contribution in [-0.4, -0.2) is 23.6 Å². The Hall–Kier alpha value is -1.50. The number of hydrogen-bond acceptors (Lipinski definition) is 4. The van der Waals surface area contributed by atoms with E-state index >= 15 is 0 Å². The van der Waals surface area contributed by atoms with Crippen molar-refractivity contribution in [1.29, 1.82) is 0 Å². The van der Waals surface area contributed by atoms with Gasteiger partial charge in [-0.1, -0.05) is 0 Å². The first-order valence-corrected chi connectivity index (χ1v) is 4.28. The van der Waals surface area contributed by atoms with Crippen molar-refractivity contribution in [2.45, 2.75) is 19.9 Å². The summed E-state index contributed by atoms with van der Waals surface area (Å²) in [6.45, 7) is 0.928. The van der Waals surface area contributed by atoms with Crippen LogP contribution in [0.3, 0.4) is 0 Å². The van der Waals surface area contributed by atoms with Crippen LogP contribution in [0.2, 0.25) is 0 Å². The maximum absolute atomic E-state index is 12.1. The summed E-state index contributed by atoms with van der Waals surface area (Å²) in [5.74, 6) is -0.913. The highest BCUT2D eigenvalue weighted by Gasteiger charge is 2.34. The van der Waals surface area contributed by atoms with Crippen molar-refractivity contribution >= 4 is 0 Å². The summed E-state index contributed by atoms with van der Waals surface area (Å²) in [6, 6.07) is 0. The van der Waals surface area contributed by atoms with Gasteiger partial charge in [-0.25, -0.2) is 4.98 Å². The van der Waals surface area contributed by atoms with Gasteiger partial charge < -0.3 is 14.6 Å². The summed E-state index contributed by atoms with van der Waals surface area (Å²) in [5, 5.41) is 8.99. The van der Waals surface area contributed by atoms with Crippen LogP contribution in [-0.2, 0) is 6.61 Å². The van der Waals surface area contributed by atoms with Crippen molar-refractivity contribution < 1.29 is 27.8 Å². The Morgan fingerprint density at radius 3 is 2.50 bits per heavy atom. The van der Waals surface area contributed by atoms with Crippen LogP contribution >= 0.6 is 0 Å². The monoisotopic (exact) mass is 237 g/mol. The van der Waals surface area contributed by atoms with Gasteiger partial charge in [0.15, 0.2) is 5.75 Å². The molecule has 0 aliphatic carbocycles. The lowest BCUT2D eigenvalue weighted by Crippen LogP contribution is -2.19. The number of methoxy groups -OCH3 is 1. The van der Waals surface area contributed by atoms with Crippen molar-refractivity contribution in [1.82, 2.24) is 4.98 Å². The first-order valence-electron chi connectivity index (χ1n) is 4.28. The van der Waals surface area contributed by atoms with Gasteiger partial charge in [-0.15, -0.1) is 13.2 Å². The topological polar surface area (TPSA) is 51.6 Å². The van der Waals surface area contributed by atoms with E-state index < -0.39 is 18.7 Å². The molecule has 7 heteroatoms. The Bertz CT molecular complexity index is 379. The number of halogens is 3. The van der Waals surface area contributed by atoms with Crippen LogP contribution in [0.1, 0.15) is 11.1 Å². The number of hydrogen-bond donors (Lipinski definition) is 1. The predicted molar refractivity (Wildman–Crippen MR) is 48.1 cm³/mol. The van der Waals surface area contributed by atoms with Gasteiger partial charge in [0.25, 0.3) is 5.88 Å². The molecule has 90 valence electrons. The maximum Gasteiger partial charge on any atom is 0.573 e. The molecule has 1 aromatic heterocycles. The Morgan fingerprint density at radius 2 is 2.06 bits per heavy atom. The molecule has 0 saturated heterocycles. The molecule has 0 aromatic carbocycles. The van der Waals surface area contributed by atoms with Crippen molar-refractivity contribution in [2.75, 3.05) is 7.11 Å². The van der Waals surface area contributed by atoms with E-state index in [-0.39, 0.29) is 11.4 Å². The molecule has 1 aromatic rings. The lowest BCUT2D eigenvalue weighted by atomic mass is 10.1. The van der Waals surface area contributed by atoms with E-state index in [9.17, 15) is 13.2 Å². The summed E-state index contributed by atoms with van der Waals surface area (Å²) in [5.41, 5.74) is 0.395. The molecule has 0 aliphatic rings. The fourth-order valence-electron chi connectivity index (χ4n) is 1.16. The zero-order chi connectivity index (χ0) is 12.3. The molecule has 0 amide bonds. The van der Waals surface area contributed by atoms with Crippen LogP contribution in [0.4, 0.5) is 13.2 Å². The zero-order valence-corrected chi connectivity index (χ0v) is 8.63. The largest absolute Gasteiger partial charge is 0.573 e. The van der Waals surface area contributed by atoms with Gasteiger partial charge in [0.05, 0.1) is 13.7 Å². The van der Waals surface area contributed by atoms with Gasteiger partial charge in [-0.05, 0) is 12.5 Å². The number of ether oxygens (including phenoxy) is 2. The molecule has 0 bridgehead atoms. The fourth-order valence-corrected chi connectivity index (χ4v) is 1.16. The van der Waals surface area contributed by atoms with Crippen LogP contribution in [0.25, 0.3) is 0 Å². The standard InChI is InChI=1S/C9H10F3NO3/c1-5-3-13-8(15-2)7(6(5)4-14)16-9(10,11)12/h3,14H,4H2,1-2H3. The lowest BCUT2D eigenvalue weighted by molar-refractivity contribution is -0.275. The second kappa shape index (κ2) is 4.56. The third-order valence-electron chi connectivity index (χ3n) is 1.89. The zero-order valence-electron chi connectivity index (χ0n) is 8.63. The van der Waals surface area contributed by atoms with Crippen molar-refractivity contribution in [3.05, 3.63) is 17.3 Å². The van der Waals surface area contributed by atoms with Crippen molar-refractivity contribution in [2.24, 2.45) is 0 Å². The van der Waals surface area contributed by atoms with Crippen LogP contribution in [0, 0.1) is 6.92 Å². The normalized spacial score (nSPS) is 11.4. The average Bonchev–Trinajstić information content (AvgIpc) is 2.16. The molecular weight excluding hydrogens is 227 g/mol. The Kier molecular flexibility index (Phi) is 3.58. The summed E-state index contributed by atoms with van der Waals surface area (Å²) >= 11 is 0.